The van der Waals surface area contributed by atoms with Crippen LogP contribution in [-0.2, 0) is 11.1 Å². The van der Waals surface area contributed by atoms with Crippen molar-refractivity contribution in [3.8, 4) is 0 Å². The molecule has 0 amide bonds. The maximum atomic E-state index is 11.0. The molecule has 8 nitrogen and oxygen atoms in total. The summed E-state index contributed by atoms with van der Waals surface area (Å²) >= 11 is 0. The third-order valence-corrected chi connectivity index (χ3v) is 4.63. The summed E-state index contributed by atoms with van der Waals surface area (Å²) in [6, 6.07) is 0. The van der Waals surface area contributed by atoms with E-state index < -0.39 is 7.60 Å². The maximum absolute atomic E-state index is 11.0. The van der Waals surface area contributed by atoms with Crippen molar-refractivity contribution in [2.24, 2.45) is 5.41 Å². The number of nitrogens with zero attached hydrogens (tertiary/aromatic N) is 4. The number of fused-ring (bicyclic) bond motifs is 1. The van der Waals surface area contributed by atoms with Crippen LogP contribution < -0.4 is 5.73 Å². The van der Waals surface area contributed by atoms with E-state index in [9.17, 15) is 4.57 Å². The van der Waals surface area contributed by atoms with Crippen molar-refractivity contribution in [3.63, 3.8) is 0 Å². The molecule has 0 spiro atoms. The Morgan fingerprint density at radius 2 is 2.10 bits per heavy atom. The van der Waals surface area contributed by atoms with E-state index in [4.69, 9.17) is 15.5 Å². The van der Waals surface area contributed by atoms with Gasteiger partial charge in [-0.05, 0) is 24.7 Å². The van der Waals surface area contributed by atoms with Gasteiger partial charge in [-0.1, -0.05) is 0 Å². The Balaban J connectivity index is 1.80. The van der Waals surface area contributed by atoms with Crippen LogP contribution >= 0.6 is 7.60 Å². The van der Waals surface area contributed by atoms with Gasteiger partial charge in [-0.3, -0.25) is 4.57 Å². The second-order valence-corrected chi connectivity index (χ2v) is 7.22. The predicted octanol–water partition coefficient (Wildman–Crippen LogP) is 0.756. The predicted molar refractivity (Wildman–Crippen MR) is 72.9 cm³/mol. The topological polar surface area (TPSA) is 127 Å². The van der Waals surface area contributed by atoms with E-state index >= 15 is 0 Å². The fourth-order valence-corrected chi connectivity index (χ4v) is 3.19. The molecule has 3 rings (SSSR count). The van der Waals surface area contributed by atoms with Gasteiger partial charge < -0.3 is 20.1 Å². The zero-order valence-electron chi connectivity index (χ0n) is 10.8. The Morgan fingerprint density at radius 3 is 2.75 bits per heavy atom. The minimum absolute atomic E-state index is 0.0472. The number of nitrogen functional groups attached to an aromatic ring is 1. The van der Waals surface area contributed by atoms with Crippen LogP contribution in [0.1, 0.15) is 19.3 Å². The van der Waals surface area contributed by atoms with Gasteiger partial charge in [0.2, 0.25) is 0 Å². The lowest BCUT2D eigenvalue weighted by Gasteiger charge is -2.16. The minimum atomic E-state index is -3.94. The van der Waals surface area contributed by atoms with Gasteiger partial charge in [0.05, 0.1) is 12.5 Å². The lowest BCUT2D eigenvalue weighted by molar-refractivity contribution is 0.352. The molecule has 9 heteroatoms. The molecule has 4 N–H and O–H groups in total. The zero-order valence-corrected chi connectivity index (χ0v) is 11.7. The van der Waals surface area contributed by atoms with Crippen LogP contribution in [0.15, 0.2) is 12.7 Å². The van der Waals surface area contributed by atoms with Crippen LogP contribution in [0.25, 0.3) is 11.2 Å². The molecule has 0 saturated heterocycles. The Labute approximate surface area is 115 Å². The van der Waals surface area contributed by atoms with E-state index in [1.54, 1.807) is 6.33 Å². The highest BCUT2D eigenvalue weighted by Gasteiger charge is 2.44. The molecule has 0 bridgehead atoms. The molecule has 1 aliphatic rings. The fourth-order valence-electron chi connectivity index (χ4n) is 2.42. The summed E-state index contributed by atoms with van der Waals surface area (Å²) in [4.78, 5) is 30.3. The summed E-state index contributed by atoms with van der Waals surface area (Å²) in [5.41, 5.74) is 6.92. The van der Waals surface area contributed by atoms with Gasteiger partial charge in [0.1, 0.15) is 11.8 Å². The third kappa shape index (κ3) is 2.67. The van der Waals surface area contributed by atoms with Crippen LogP contribution in [0.2, 0.25) is 0 Å². The highest BCUT2D eigenvalue weighted by Crippen LogP contribution is 2.53. The summed E-state index contributed by atoms with van der Waals surface area (Å²) < 4.78 is 12.9. The van der Waals surface area contributed by atoms with Crippen LogP contribution in [0, 0.1) is 5.41 Å². The third-order valence-electron chi connectivity index (χ3n) is 3.83. The van der Waals surface area contributed by atoms with E-state index in [1.807, 2.05) is 4.57 Å². The van der Waals surface area contributed by atoms with Gasteiger partial charge in [0.25, 0.3) is 0 Å². The highest BCUT2D eigenvalue weighted by molar-refractivity contribution is 7.51. The summed E-state index contributed by atoms with van der Waals surface area (Å²) in [6.07, 6.45) is 5.42. The van der Waals surface area contributed by atoms with E-state index in [-0.39, 0.29) is 11.6 Å². The summed E-state index contributed by atoms with van der Waals surface area (Å²) in [7, 11) is -3.94. The quantitative estimate of drug-likeness (QED) is 0.695. The summed E-state index contributed by atoms with van der Waals surface area (Å²) in [5, 5.41) is 0. The SMILES string of the molecule is Nc1ncnc2c1ncn2CC1(CCP(=O)(O)O)CC1. The highest BCUT2D eigenvalue weighted by atomic mass is 31.2. The molecular weight excluding hydrogens is 281 g/mol. The largest absolute Gasteiger partial charge is 0.382 e. The van der Waals surface area contributed by atoms with Crippen molar-refractivity contribution in [1.82, 2.24) is 19.5 Å². The summed E-state index contributed by atoms with van der Waals surface area (Å²) in [5.74, 6) is 0.341. The number of hydrogen-bond acceptors (Lipinski definition) is 5. The lowest BCUT2D eigenvalue weighted by atomic mass is 10.0. The zero-order chi connectivity index (χ0) is 14.4. The smallest absolute Gasteiger partial charge is 0.325 e. The van der Waals surface area contributed by atoms with Crippen molar-refractivity contribution in [2.45, 2.75) is 25.8 Å². The second-order valence-electron chi connectivity index (χ2n) is 5.44. The average molecular weight is 297 g/mol. The number of imidazole rings is 1. The number of nitrogens with two attached hydrogens (primary N) is 1. The van der Waals surface area contributed by atoms with Crippen LogP contribution in [-0.4, -0.2) is 35.5 Å². The molecule has 1 fully saturated rings. The number of aromatic nitrogens is 4. The van der Waals surface area contributed by atoms with Gasteiger partial charge in [-0.2, -0.15) is 0 Å². The van der Waals surface area contributed by atoms with Crippen molar-refractivity contribution in [1.29, 1.82) is 0 Å². The molecule has 1 saturated carbocycles. The molecule has 0 atom stereocenters. The van der Waals surface area contributed by atoms with E-state index in [0.717, 1.165) is 12.8 Å². The fraction of sp³-hybridized carbons (Fsp3) is 0.545. The first-order chi connectivity index (χ1) is 9.39. The van der Waals surface area contributed by atoms with Gasteiger partial charge >= 0.3 is 7.60 Å². The van der Waals surface area contributed by atoms with E-state index in [1.165, 1.54) is 6.33 Å². The minimum Gasteiger partial charge on any atom is -0.382 e. The first-order valence-electron chi connectivity index (χ1n) is 6.35. The van der Waals surface area contributed by atoms with Crippen LogP contribution in [0.4, 0.5) is 5.82 Å². The average Bonchev–Trinajstić information content (AvgIpc) is 3.01. The van der Waals surface area contributed by atoms with E-state index in [2.05, 4.69) is 15.0 Å². The molecule has 0 unspecified atom stereocenters. The monoisotopic (exact) mass is 297 g/mol. The number of anilines is 1. The van der Waals surface area contributed by atoms with Gasteiger partial charge in [0, 0.05) is 6.54 Å². The van der Waals surface area contributed by atoms with Crippen molar-refractivity contribution in [2.75, 3.05) is 11.9 Å². The number of hydrogen-bond donors (Lipinski definition) is 3. The van der Waals surface area contributed by atoms with Gasteiger partial charge in [-0.25, -0.2) is 15.0 Å². The molecule has 1 aliphatic carbocycles. The van der Waals surface area contributed by atoms with Crippen molar-refractivity contribution in [3.05, 3.63) is 12.7 Å². The Morgan fingerprint density at radius 1 is 1.35 bits per heavy atom. The standard InChI is InChI=1S/C11H16N5O3P/c12-9-8-10(14-6-13-9)16(7-15-8)5-11(1-2-11)3-4-20(17,18)19/h6-7H,1-5H2,(H2,12,13,14)(H2,17,18,19). The van der Waals surface area contributed by atoms with Gasteiger partial charge in [-0.15, -0.1) is 0 Å². The summed E-state index contributed by atoms with van der Waals surface area (Å²) in [6.45, 7) is 0.653. The molecule has 20 heavy (non-hydrogen) atoms. The molecule has 2 aromatic rings. The Kier molecular flexibility index (Phi) is 3.04. The van der Waals surface area contributed by atoms with Gasteiger partial charge in [0.15, 0.2) is 11.5 Å². The normalized spacial score (nSPS) is 17.5. The second kappa shape index (κ2) is 4.51. The van der Waals surface area contributed by atoms with E-state index in [0.29, 0.717) is 29.9 Å². The first-order valence-corrected chi connectivity index (χ1v) is 8.14. The molecule has 2 aromatic heterocycles. The number of rotatable bonds is 5. The lowest BCUT2D eigenvalue weighted by Crippen LogP contribution is -2.13. The molecule has 0 radical (unpaired) electrons. The van der Waals surface area contributed by atoms with Crippen LogP contribution in [0.3, 0.4) is 0 Å². The molecule has 2 heterocycles. The Hall–Kier alpha value is -1.50. The Bertz CT molecular complexity index is 690. The molecule has 0 aliphatic heterocycles. The maximum Gasteiger partial charge on any atom is 0.325 e. The van der Waals surface area contributed by atoms with Crippen LogP contribution in [0.5, 0.6) is 0 Å². The first kappa shape index (κ1) is 13.5. The van der Waals surface area contributed by atoms with Crippen molar-refractivity contribution >= 4 is 24.6 Å². The molecular formula is C11H16N5O3P. The molecule has 108 valence electrons. The molecule has 0 aromatic carbocycles. The van der Waals surface area contributed by atoms with Crippen molar-refractivity contribution < 1.29 is 14.4 Å².